The average molecular weight is 564 g/mol. The monoisotopic (exact) mass is 563 g/mol. The van der Waals surface area contributed by atoms with Gasteiger partial charge in [-0.3, -0.25) is 9.97 Å². The molecule has 4 aromatic rings. The van der Waals surface area contributed by atoms with Gasteiger partial charge in [-0.05, 0) is 76.6 Å². The lowest BCUT2D eigenvalue weighted by Gasteiger charge is -2.28. The van der Waals surface area contributed by atoms with Gasteiger partial charge in [-0.25, -0.2) is 0 Å². The van der Waals surface area contributed by atoms with E-state index in [4.69, 9.17) is 25.7 Å². The minimum Gasteiger partial charge on any atom is -0.497 e. The molecule has 192 valence electrons. The third-order valence-corrected chi connectivity index (χ3v) is 6.32. The fourth-order valence-electron chi connectivity index (χ4n) is 3.90. The molecule has 37 heavy (non-hydrogen) atoms. The van der Waals surface area contributed by atoms with E-state index in [2.05, 4.69) is 30.8 Å². The Kier molecular flexibility index (Phi) is 8.81. The second kappa shape index (κ2) is 12.4. The molecule has 0 atom stereocenters. The Morgan fingerprint density at radius 2 is 1.24 bits per heavy atom. The van der Waals surface area contributed by atoms with Gasteiger partial charge in [0.15, 0.2) is 0 Å². The number of nitrogens with two attached hydrogens (primary N) is 2. The molecular weight excluding hydrogens is 534 g/mol. The lowest BCUT2D eigenvalue weighted by Crippen LogP contribution is -2.36. The van der Waals surface area contributed by atoms with Gasteiger partial charge >= 0.3 is 0 Å². The Morgan fingerprint density at radius 3 is 1.70 bits per heavy atom. The molecular formula is C28H30BrN5O3. The highest BCUT2D eigenvalue weighted by Gasteiger charge is 2.14. The van der Waals surface area contributed by atoms with Gasteiger partial charge in [0.25, 0.3) is 0 Å². The molecule has 9 heteroatoms. The largest absolute Gasteiger partial charge is 0.497 e. The number of halogens is 1. The highest BCUT2D eigenvalue weighted by Crippen LogP contribution is 2.29. The third-order valence-electron chi connectivity index (χ3n) is 5.89. The first-order valence-electron chi connectivity index (χ1n) is 11.8. The summed E-state index contributed by atoms with van der Waals surface area (Å²) in [6.07, 6.45) is 3.61. The highest BCUT2D eigenvalue weighted by molar-refractivity contribution is 9.10. The number of anilines is 3. The minimum absolute atomic E-state index is 0.652. The topological polar surface area (TPSA) is 109 Å². The number of aromatic nitrogens is 2. The summed E-state index contributed by atoms with van der Waals surface area (Å²) in [6, 6.07) is 19.2. The van der Waals surface area contributed by atoms with Crippen molar-refractivity contribution in [3.05, 3.63) is 77.5 Å². The number of methoxy groups -OCH3 is 2. The van der Waals surface area contributed by atoms with E-state index < -0.39 is 0 Å². The number of nitrogens with zero attached hydrogens (tertiary/aromatic N) is 3. The smallest absolute Gasteiger partial charge is 0.118 e. The van der Waals surface area contributed by atoms with Crippen LogP contribution in [0.5, 0.6) is 11.5 Å². The van der Waals surface area contributed by atoms with Crippen LogP contribution in [0.2, 0.25) is 0 Å². The lowest BCUT2D eigenvalue weighted by molar-refractivity contribution is 0.122. The van der Waals surface area contributed by atoms with Crippen LogP contribution in [0.4, 0.5) is 17.1 Å². The van der Waals surface area contributed by atoms with Crippen molar-refractivity contribution in [3.8, 4) is 34.0 Å². The molecule has 8 nitrogen and oxygen atoms in total. The number of nitrogen functional groups attached to an aromatic ring is 2. The van der Waals surface area contributed by atoms with Crippen molar-refractivity contribution in [1.29, 1.82) is 0 Å². The van der Waals surface area contributed by atoms with Crippen LogP contribution < -0.4 is 25.8 Å². The maximum Gasteiger partial charge on any atom is 0.118 e. The molecule has 2 aromatic carbocycles. The van der Waals surface area contributed by atoms with Gasteiger partial charge in [-0.1, -0.05) is 0 Å². The fraction of sp³-hybridized carbons (Fsp3) is 0.214. The predicted molar refractivity (Wildman–Crippen MR) is 152 cm³/mol. The van der Waals surface area contributed by atoms with Crippen molar-refractivity contribution >= 4 is 33.0 Å². The fourth-order valence-corrected chi connectivity index (χ4v) is 4.25. The maximum atomic E-state index is 6.18. The van der Waals surface area contributed by atoms with E-state index in [-0.39, 0.29) is 0 Å². The van der Waals surface area contributed by atoms with Crippen molar-refractivity contribution in [1.82, 2.24) is 9.97 Å². The number of rotatable bonds is 5. The highest BCUT2D eigenvalue weighted by atomic mass is 79.9. The number of benzene rings is 2. The Hall–Kier alpha value is -3.82. The van der Waals surface area contributed by atoms with Crippen molar-refractivity contribution < 1.29 is 14.2 Å². The van der Waals surface area contributed by atoms with Gasteiger partial charge in [0.2, 0.25) is 0 Å². The molecule has 0 spiro atoms. The number of ether oxygens (including phenoxy) is 3. The first-order valence-corrected chi connectivity index (χ1v) is 12.6. The molecule has 0 amide bonds. The number of hydrogen-bond donors (Lipinski definition) is 2. The zero-order valence-corrected chi connectivity index (χ0v) is 22.4. The summed E-state index contributed by atoms with van der Waals surface area (Å²) in [5.41, 5.74) is 18.0. The number of pyridine rings is 2. The summed E-state index contributed by atoms with van der Waals surface area (Å²) in [6.45, 7) is 3.26. The van der Waals surface area contributed by atoms with Gasteiger partial charge in [0, 0.05) is 34.9 Å². The molecule has 4 N–H and O–H groups in total. The van der Waals surface area contributed by atoms with Gasteiger partial charge in [0.05, 0.1) is 62.1 Å². The lowest BCUT2D eigenvalue weighted by atomic mass is 10.1. The normalized spacial score (nSPS) is 12.9. The zero-order chi connectivity index (χ0) is 26.2. The van der Waals surface area contributed by atoms with E-state index in [1.165, 1.54) is 0 Å². The van der Waals surface area contributed by atoms with E-state index in [1.807, 2.05) is 66.9 Å². The van der Waals surface area contributed by atoms with Crippen molar-refractivity contribution in [3.63, 3.8) is 0 Å². The summed E-state index contributed by atoms with van der Waals surface area (Å²) in [7, 11) is 3.29. The minimum atomic E-state index is 0.652. The molecule has 1 aliphatic rings. The summed E-state index contributed by atoms with van der Waals surface area (Å²) in [5.74, 6) is 1.64. The number of hydrogen-bond acceptors (Lipinski definition) is 8. The van der Waals surface area contributed by atoms with E-state index in [0.29, 0.717) is 11.4 Å². The molecule has 0 unspecified atom stereocenters. The molecule has 1 aliphatic heterocycles. The van der Waals surface area contributed by atoms with Gasteiger partial charge < -0.3 is 30.6 Å². The SMILES string of the molecule is COc1ccc(-c2ncc(Br)cc2N)cc1.COc1ccc(-c2ncc(N3CCOCC3)cc2N)cc1. The van der Waals surface area contributed by atoms with Crippen LogP contribution in [0.1, 0.15) is 0 Å². The van der Waals surface area contributed by atoms with Gasteiger partial charge in [-0.2, -0.15) is 0 Å². The Morgan fingerprint density at radius 1 is 0.757 bits per heavy atom. The summed E-state index contributed by atoms with van der Waals surface area (Å²) < 4.78 is 16.5. The molecule has 1 fully saturated rings. The van der Waals surface area contributed by atoms with Gasteiger partial charge in [-0.15, -0.1) is 0 Å². The van der Waals surface area contributed by atoms with Crippen LogP contribution in [0.25, 0.3) is 22.5 Å². The van der Waals surface area contributed by atoms with Crippen LogP contribution in [0.15, 0.2) is 77.5 Å². The van der Waals surface area contributed by atoms with E-state index in [0.717, 1.165) is 70.5 Å². The Balaban J connectivity index is 0.000000180. The van der Waals surface area contributed by atoms with E-state index >= 15 is 0 Å². The van der Waals surface area contributed by atoms with E-state index in [1.54, 1.807) is 20.4 Å². The van der Waals surface area contributed by atoms with Crippen LogP contribution >= 0.6 is 15.9 Å². The first-order chi connectivity index (χ1) is 18.0. The van der Waals surface area contributed by atoms with Crippen molar-refractivity contribution in [2.45, 2.75) is 0 Å². The van der Waals surface area contributed by atoms with Crippen LogP contribution in [0, 0.1) is 0 Å². The molecule has 0 saturated carbocycles. The molecule has 0 bridgehead atoms. The summed E-state index contributed by atoms with van der Waals surface area (Å²) >= 11 is 3.33. The standard InChI is InChI=1S/C16H19N3O2.C12H11BrN2O/c1-20-14-4-2-12(3-5-14)16-15(17)10-13(11-18-16)19-6-8-21-9-7-19;1-16-10-4-2-8(3-5-10)12-11(14)6-9(13)7-15-12/h2-5,10-11H,6-9,17H2,1H3;2-7H,14H2,1H3. The second-order valence-corrected chi connectivity index (χ2v) is 9.19. The second-order valence-electron chi connectivity index (χ2n) is 8.28. The average Bonchev–Trinajstić information content (AvgIpc) is 2.94. The molecule has 3 heterocycles. The zero-order valence-electron chi connectivity index (χ0n) is 20.9. The van der Waals surface area contributed by atoms with Crippen molar-refractivity contribution in [2.75, 3.05) is 56.9 Å². The van der Waals surface area contributed by atoms with E-state index in [9.17, 15) is 0 Å². The Bertz CT molecular complexity index is 1310. The maximum absolute atomic E-state index is 6.18. The molecule has 2 aromatic heterocycles. The van der Waals surface area contributed by atoms with Crippen LogP contribution in [-0.4, -0.2) is 50.5 Å². The molecule has 5 rings (SSSR count). The predicted octanol–water partition coefficient (Wildman–Crippen LogP) is 5.28. The summed E-state index contributed by atoms with van der Waals surface area (Å²) in [4.78, 5) is 11.1. The van der Waals surface area contributed by atoms with Crippen molar-refractivity contribution in [2.24, 2.45) is 0 Å². The molecule has 1 saturated heterocycles. The van der Waals surface area contributed by atoms with Crippen LogP contribution in [-0.2, 0) is 4.74 Å². The molecule has 0 radical (unpaired) electrons. The summed E-state index contributed by atoms with van der Waals surface area (Å²) in [5, 5.41) is 0. The molecule has 0 aliphatic carbocycles. The van der Waals surface area contributed by atoms with Gasteiger partial charge in [0.1, 0.15) is 11.5 Å². The van der Waals surface area contributed by atoms with Crippen LogP contribution in [0.3, 0.4) is 0 Å². The third kappa shape index (κ3) is 6.69. The quantitative estimate of drug-likeness (QED) is 0.337. The number of morpholine rings is 1. The first kappa shape index (κ1) is 26.2. The Labute approximate surface area is 225 Å².